The molecule has 0 saturated heterocycles. The minimum Gasteiger partial charge on any atom is -0.326 e. The van der Waals surface area contributed by atoms with Crippen LogP contribution in [-0.2, 0) is 11.2 Å². The van der Waals surface area contributed by atoms with Crippen molar-refractivity contribution in [3.63, 3.8) is 0 Å². The zero-order valence-electron chi connectivity index (χ0n) is 16.9. The van der Waals surface area contributed by atoms with Gasteiger partial charge in [0.15, 0.2) is 0 Å². The van der Waals surface area contributed by atoms with Gasteiger partial charge in [0.2, 0.25) is 0 Å². The van der Waals surface area contributed by atoms with Gasteiger partial charge in [0.05, 0.1) is 0 Å². The molecule has 2 aromatic rings. The van der Waals surface area contributed by atoms with Crippen molar-refractivity contribution in [1.29, 1.82) is 0 Å². The van der Waals surface area contributed by atoms with Crippen LogP contribution < -0.4 is 5.73 Å². The second kappa shape index (κ2) is 8.79. The van der Waals surface area contributed by atoms with E-state index in [1.807, 2.05) is 6.08 Å². The summed E-state index contributed by atoms with van der Waals surface area (Å²) in [5, 5.41) is 0. The van der Waals surface area contributed by atoms with Crippen molar-refractivity contribution in [3.05, 3.63) is 88.5 Å². The zero-order chi connectivity index (χ0) is 20.1. The third-order valence-electron chi connectivity index (χ3n) is 5.36. The van der Waals surface area contributed by atoms with Crippen molar-refractivity contribution in [3.8, 4) is 11.1 Å². The Kier molecular flexibility index (Phi) is 6.70. The van der Waals surface area contributed by atoms with E-state index in [2.05, 4.69) is 65.1 Å². The number of aryl methyl sites for hydroxylation is 1. The molecule has 2 heteroatoms. The van der Waals surface area contributed by atoms with Gasteiger partial charge in [-0.2, -0.15) is 0 Å². The molecule has 0 unspecified atom stereocenters. The summed E-state index contributed by atoms with van der Waals surface area (Å²) in [4.78, 5) is 11.4. The SMILES string of the molecule is C=C/C(CN)=C(\C=C)c1c(C)c(C)c(CC=O)c(-c2ccc(C)cc2)c1C. The smallest absolute Gasteiger partial charge is 0.124 e. The van der Waals surface area contributed by atoms with Crippen molar-refractivity contribution in [2.45, 2.75) is 34.1 Å². The average molecular weight is 360 g/mol. The molecule has 0 aromatic heterocycles. The Morgan fingerprint density at radius 1 is 0.963 bits per heavy atom. The lowest BCUT2D eigenvalue weighted by molar-refractivity contribution is -0.107. The van der Waals surface area contributed by atoms with Crippen LogP contribution in [0.25, 0.3) is 16.7 Å². The number of hydrogen-bond acceptors (Lipinski definition) is 2. The summed E-state index contributed by atoms with van der Waals surface area (Å²) in [5.41, 5.74) is 17.0. The van der Waals surface area contributed by atoms with E-state index in [4.69, 9.17) is 5.73 Å². The Morgan fingerprint density at radius 3 is 2.07 bits per heavy atom. The summed E-state index contributed by atoms with van der Waals surface area (Å²) in [7, 11) is 0. The summed E-state index contributed by atoms with van der Waals surface area (Å²) in [5.74, 6) is 0. The highest BCUT2D eigenvalue weighted by molar-refractivity contribution is 5.88. The second-order valence-corrected chi connectivity index (χ2v) is 6.89. The maximum absolute atomic E-state index is 11.4. The molecule has 0 bridgehead atoms. The fraction of sp³-hybridized carbons (Fsp3) is 0.240. The van der Waals surface area contributed by atoms with Gasteiger partial charge in [0.1, 0.15) is 6.29 Å². The van der Waals surface area contributed by atoms with Gasteiger partial charge in [-0.3, -0.25) is 0 Å². The van der Waals surface area contributed by atoms with Crippen LogP contribution in [0.4, 0.5) is 0 Å². The third-order valence-corrected chi connectivity index (χ3v) is 5.36. The molecule has 2 rings (SSSR count). The van der Waals surface area contributed by atoms with Crippen LogP contribution in [0, 0.1) is 27.7 Å². The van der Waals surface area contributed by atoms with Crippen LogP contribution in [-0.4, -0.2) is 12.8 Å². The molecule has 27 heavy (non-hydrogen) atoms. The summed E-state index contributed by atoms with van der Waals surface area (Å²) in [6.45, 7) is 16.7. The molecule has 2 nitrogen and oxygen atoms in total. The van der Waals surface area contributed by atoms with E-state index < -0.39 is 0 Å². The number of carbonyl (C=O) groups is 1. The van der Waals surface area contributed by atoms with E-state index >= 15 is 0 Å². The predicted octanol–water partition coefficient (Wildman–Crippen LogP) is 5.41. The second-order valence-electron chi connectivity index (χ2n) is 6.89. The van der Waals surface area contributed by atoms with E-state index in [0.717, 1.165) is 56.4 Å². The first-order valence-corrected chi connectivity index (χ1v) is 9.22. The highest BCUT2D eigenvalue weighted by Gasteiger charge is 2.20. The Balaban J connectivity index is 2.99. The molecular weight excluding hydrogens is 330 g/mol. The van der Waals surface area contributed by atoms with Crippen LogP contribution in [0.3, 0.4) is 0 Å². The minimum absolute atomic E-state index is 0.398. The van der Waals surface area contributed by atoms with Gasteiger partial charge in [-0.25, -0.2) is 0 Å². The van der Waals surface area contributed by atoms with Crippen LogP contribution in [0.5, 0.6) is 0 Å². The van der Waals surface area contributed by atoms with Crippen molar-refractivity contribution in [2.75, 3.05) is 6.54 Å². The van der Waals surface area contributed by atoms with Crippen LogP contribution in [0.15, 0.2) is 55.1 Å². The fourth-order valence-electron chi connectivity index (χ4n) is 3.78. The number of carbonyl (C=O) groups excluding carboxylic acids is 1. The van der Waals surface area contributed by atoms with Gasteiger partial charge in [-0.15, -0.1) is 0 Å². The van der Waals surface area contributed by atoms with Crippen LogP contribution in [0.1, 0.15) is 33.4 Å². The first-order chi connectivity index (χ1) is 12.9. The molecule has 2 aromatic carbocycles. The Morgan fingerprint density at radius 2 is 1.59 bits per heavy atom. The molecule has 140 valence electrons. The van der Waals surface area contributed by atoms with Gasteiger partial charge in [-0.1, -0.05) is 55.1 Å². The lowest BCUT2D eigenvalue weighted by atomic mass is 9.80. The number of hydrogen-bond donors (Lipinski definition) is 1. The molecule has 0 atom stereocenters. The molecule has 0 heterocycles. The van der Waals surface area contributed by atoms with Crippen molar-refractivity contribution in [1.82, 2.24) is 0 Å². The lowest BCUT2D eigenvalue weighted by Gasteiger charge is -2.24. The summed E-state index contributed by atoms with van der Waals surface area (Å²) in [6.07, 6.45) is 5.04. The largest absolute Gasteiger partial charge is 0.326 e. The Bertz CT molecular complexity index is 915. The summed E-state index contributed by atoms with van der Waals surface area (Å²) < 4.78 is 0. The predicted molar refractivity (Wildman–Crippen MR) is 117 cm³/mol. The van der Waals surface area contributed by atoms with Crippen molar-refractivity contribution in [2.24, 2.45) is 5.73 Å². The minimum atomic E-state index is 0.398. The first kappa shape index (κ1) is 20.6. The molecule has 0 aliphatic carbocycles. The molecule has 0 radical (unpaired) electrons. The van der Waals surface area contributed by atoms with Gasteiger partial charge < -0.3 is 10.5 Å². The quantitative estimate of drug-likeness (QED) is 0.530. The van der Waals surface area contributed by atoms with E-state index in [-0.39, 0.29) is 0 Å². The topological polar surface area (TPSA) is 43.1 Å². The third kappa shape index (κ3) is 3.86. The molecule has 0 spiro atoms. The zero-order valence-corrected chi connectivity index (χ0v) is 16.9. The average Bonchev–Trinajstić information content (AvgIpc) is 2.67. The van der Waals surface area contributed by atoms with E-state index in [0.29, 0.717) is 13.0 Å². The molecular formula is C25H29NO. The van der Waals surface area contributed by atoms with Gasteiger partial charge in [0, 0.05) is 13.0 Å². The standard InChI is InChI=1S/C25H29NO/c1-7-20(15-26)22(8-2)24-18(5)17(4)23(13-14-27)25(19(24)6)21-11-9-16(3)10-12-21/h7-12,14H,1-2,13,15,26H2,3-6H3/b22-20-. The number of nitrogens with two attached hydrogens (primary N) is 1. The van der Waals surface area contributed by atoms with Gasteiger partial charge in [0.25, 0.3) is 0 Å². The Labute approximate surface area is 163 Å². The van der Waals surface area contributed by atoms with Gasteiger partial charge in [-0.05, 0) is 77.8 Å². The number of allylic oxidation sites excluding steroid dienone is 2. The molecule has 0 aliphatic rings. The van der Waals surface area contributed by atoms with E-state index in [9.17, 15) is 4.79 Å². The number of aldehydes is 1. The molecule has 2 N–H and O–H groups in total. The van der Waals surface area contributed by atoms with E-state index in [1.54, 1.807) is 6.08 Å². The maximum atomic E-state index is 11.4. The van der Waals surface area contributed by atoms with E-state index in [1.165, 1.54) is 5.56 Å². The number of rotatable bonds is 7. The fourth-order valence-corrected chi connectivity index (χ4v) is 3.78. The lowest BCUT2D eigenvalue weighted by Crippen LogP contribution is -2.09. The molecule has 0 amide bonds. The number of benzene rings is 2. The van der Waals surface area contributed by atoms with Crippen LogP contribution in [0.2, 0.25) is 0 Å². The monoisotopic (exact) mass is 359 g/mol. The van der Waals surface area contributed by atoms with Crippen molar-refractivity contribution < 1.29 is 4.79 Å². The maximum Gasteiger partial charge on any atom is 0.124 e. The van der Waals surface area contributed by atoms with Crippen molar-refractivity contribution >= 4 is 11.9 Å². The summed E-state index contributed by atoms with van der Waals surface area (Å²) in [6, 6.07) is 8.46. The molecule has 0 saturated carbocycles. The normalized spacial score (nSPS) is 11.7. The first-order valence-electron chi connectivity index (χ1n) is 9.22. The summed E-state index contributed by atoms with van der Waals surface area (Å²) >= 11 is 0. The Hall–Kier alpha value is -2.71. The molecule has 0 fully saturated rings. The van der Waals surface area contributed by atoms with Crippen LogP contribution >= 0.6 is 0 Å². The molecule has 0 aliphatic heterocycles. The highest BCUT2D eigenvalue weighted by atomic mass is 16.1. The van der Waals surface area contributed by atoms with Gasteiger partial charge >= 0.3 is 0 Å². The highest BCUT2D eigenvalue weighted by Crippen LogP contribution is 2.39.